The van der Waals surface area contributed by atoms with E-state index in [4.69, 9.17) is 4.74 Å². The van der Waals surface area contributed by atoms with E-state index in [1.165, 1.54) is 0 Å². The van der Waals surface area contributed by atoms with E-state index in [1.807, 2.05) is 26.0 Å². The number of hydrogen-bond donors (Lipinski definition) is 0. The molecule has 0 N–H and O–H groups in total. The Hall–Kier alpha value is -1.64. The largest absolute Gasteiger partial charge is 0.389 e. The van der Waals surface area contributed by atoms with Gasteiger partial charge in [-0.1, -0.05) is 12.1 Å². The zero-order chi connectivity index (χ0) is 11.0. The van der Waals surface area contributed by atoms with Gasteiger partial charge in [0.25, 0.3) is 0 Å². The molecular weight excluding hydrogens is 192 g/mol. The van der Waals surface area contributed by atoms with Gasteiger partial charge in [0.1, 0.15) is 0 Å². The van der Waals surface area contributed by atoms with Crippen molar-refractivity contribution in [1.29, 1.82) is 0 Å². The van der Waals surface area contributed by atoms with Crippen LogP contribution in [0.4, 0.5) is 0 Å². The summed E-state index contributed by atoms with van der Waals surface area (Å²) in [5.41, 5.74) is 3.43. The molecule has 0 spiro atoms. The lowest BCUT2D eigenvalue weighted by molar-refractivity contribution is -0.137. The van der Waals surface area contributed by atoms with Crippen LogP contribution in [0.1, 0.15) is 33.5 Å². The second-order valence-electron chi connectivity index (χ2n) is 3.81. The fraction of sp³-hybridized carbons (Fsp3) is 0.333. The Bertz CT molecular complexity index is 446. The summed E-state index contributed by atoms with van der Waals surface area (Å²) in [6.45, 7) is 3.80. The van der Waals surface area contributed by atoms with Crippen LogP contribution < -0.4 is 0 Å². The van der Waals surface area contributed by atoms with Crippen molar-refractivity contribution in [3.63, 3.8) is 0 Å². The van der Waals surface area contributed by atoms with Crippen molar-refractivity contribution in [3.8, 4) is 0 Å². The number of aryl methyl sites for hydroxylation is 2. The summed E-state index contributed by atoms with van der Waals surface area (Å²) < 4.78 is 4.70. The molecule has 0 saturated heterocycles. The number of carbonyl (C=O) groups excluding carboxylic acids is 2. The van der Waals surface area contributed by atoms with Gasteiger partial charge in [0.2, 0.25) is 0 Å². The molecule has 0 aliphatic carbocycles. The molecule has 1 aliphatic heterocycles. The first-order valence-corrected chi connectivity index (χ1v) is 4.93. The Morgan fingerprint density at radius 2 is 1.73 bits per heavy atom. The predicted octanol–water partition coefficient (Wildman–Crippen LogP) is 1.93. The smallest absolute Gasteiger partial charge is 0.346 e. The predicted molar refractivity (Wildman–Crippen MR) is 54.7 cm³/mol. The van der Waals surface area contributed by atoms with Gasteiger partial charge >= 0.3 is 11.9 Å². The van der Waals surface area contributed by atoms with E-state index in [1.54, 1.807) is 0 Å². The number of fused-ring (bicyclic) bond motifs is 1. The fourth-order valence-corrected chi connectivity index (χ4v) is 1.91. The SMILES string of the molecule is Cc1ccc(C)c2c1CCC(=O)OC2=O. The molecule has 0 bridgehead atoms. The van der Waals surface area contributed by atoms with Gasteiger partial charge in [-0.05, 0) is 37.0 Å². The van der Waals surface area contributed by atoms with Crippen molar-refractivity contribution >= 4 is 11.9 Å². The number of esters is 2. The number of rotatable bonds is 0. The van der Waals surface area contributed by atoms with E-state index in [-0.39, 0.29) is 6.42 Å². The summed E-state index contributed by atoms with van der Waals surface area (Å²) in [5.74, 6) is -0.941. The van der Waals surface area contributed by atoms with Crippen LogP contribution in [0, 0.1) is 13.8 Å². The van der Waals surface area contributed by atoms with Crippen LogP contribution in [0.25, 0.3) is 0 Å². The summed E-state index contributed by atoms with van der Waals surface area (Å²) in [5, 5.41) is 0. The minimum absolute atomic E-state index is 0.281. The van der Waals surface area contributed by atoms with Crippen LogP contribution in [0.5, 0.6) is 0 Å². The van der Waals surface area contributed by atoms with E-state index in [0.29, 0.717) is 12.0 Å². The van der Waals surface area contributed by atoms with Crippen LogP contribution in [0.3, 0.4) is 0 Å². The molecule has 0 unspecified atom stereocenters. The third-order valence-corrected chi connectivity index (χ3v) is 2.75. The summed E-state index contributed by atoms with van der Waals surface area (Å²) in [6.07, 6.45) is 0.871. The monoisotopic (exact) mass is 204 g/mol. The first kappa shape index (κ1) is 9.90. The van der Waals surface area contributed by atoms with Gasteiger partial charge in [0.15, 0.2) is 0 Å². The number of hydrogen-bond acceptors (Lipinski definition) is 3. The zero-order valence-electron chi connectivity index (χ0n) is 8.79. The maximum absolute atomic E-state index is 11.6. The number of carbonyl (C=O) groups is 2. The standard InChI is InChI=1S/C12H12O3/c1-7-3-4-8(2)11-9(7)5-6-10(13)15-12(11)14/h3-4H,5-6H2,1-2H3. The summed E-state index contributed by atoms with van der Waals surface area (Å²) in [7, 11) is 0. The van der Waals surface area contributed by atoms with Crippen LogP contribution in [-0.2, 0) is 16.0 Å². The van der Waals surface area contributed by atoms with Crippen LogP contribution in [0.15, 0.2) is 12.1 Å². The third kappa shape index (κ3) is 1.65. The van der Waals surface area contributed by atoms with E-state index >= 15 is 0 Å². The minimum Gasteiger partial charge on any atom is -0.389 e. The molecule has 78 valence electrons. The molecule has 0 saturated carbocycles. The van der Waals surface area contributed by atoms with Gasteiger partial charge in [-0.25, -0.2) is 4.79 Å². The highest BCUT2D eigenvalue weighted by Gasteiger charge is 2.24. The van der Waals surface area contributed by atoms with E-state index in [9.17, 15) is 9.59 Å². The summed E-state index contributed by atoms with van der Waals surface area (Å²) in [6, 6.07) is 3.85. The molecule has 3 heteroatoms. The van der Waals surface area contributed by atoms with Gasteiger partial charge in [0.05, 0.1) is 12.0 Å². The molecule has 15 heavy (non-hydrogen) atoms. The molecule has 1 aromatic carbocycles. The van der Waals surface area contributed by atoms with Gasteiger partial charge < -0.3 is 4.74 Å². The maximum Gasteiger partial charge on any atom is 0.346 e. The highest BCUT2D eigenvalue weighted by molar-refractivity contribution is 6.00. The van der Waals surface area contributed by atoms with Gasteiger partial charge in [-0.15, -0.1) is 0 Å². The first-order chi connectivity index (χ1) is 7.09. The summed E-state index contributed by atoms with van der Waals surface area (Å²) >= 11 is 0. The minimum atomic E-state index is -0.506. The Labute approximate surface area is 88.1 Å². The van der Waals surface area contributed by atoms with Crippen molar-refractivity contribution in [2.75, 3.05) is 0 Å². The van der Waals surface area contributed by atoms with Crippen LogP contribution in [-0.4, -0.2) is 11.9 Å². The number of benzene rings is 1. The van der Waals surface area contributed by atoms with Crippen molar-refractivity contribution in [1.82, 2.24) is 0 Å². The van der Waals surface area contributed by atoms with Crippen molar-refractivity contribution in [2.24, 2.45) is 0 Å². The van der Waals surface area contributed by atoms with Crippen molar-refractivity contribution in [3.05, 3.63) is 34.4 Å². The third-order valence-electron chi connectivity index (χ3n) is 2.75. The highest BCUT2D eigenvalue weighted by atomic mass is 16.6. The van der Waals surface area contributed by atoms with Gasteiger partial charge in [0, 0.05) is 0 Å². The van der Waals surface area contributed by atoms with Gasteiger partial charge in [-0.3, -0.25) is 4.79 Å². The van der Waals surface area contributed by atoms with E-state index in [0.717, 1.165) is 16.7 Å². The normalized spacial score (nSPS) is 15.6. The van der Waals surface area contributed by atoms with E-state index < -0.39 is 11.9 Å². The molecule has 0 aromatic heterocycles. The average Bonchev–Trinajstić information content (AvgIpc) is 2.32. The van der Waals surface area contributed by atoms with Crippen LogP contribution in [0.2, 0.25) is 0 Å². The van der Waals surface area contributed by atoms with Crippen LogP contribution >= 0.6 is 0 Å². The lowest BCUT2D eigenvalue weighted by Gasteiger charge is -2.09. The number of ether oxygens (including phenoxy) is 1. The quantitative estimate of drug-likeness (QED) is 0.479. The fourth-order valence-electron chi connectivity index (χ4n) is 1.91. The Balaban J connectivity index is 2.62. The maximum atomic E-state index is 11.6. The molecule has 1 aromatic rings. The van der Waals surface area contributed by atoms with Gasteiger partial charge in [-0.2, -0.15) is 0 Å². The molecule has 2 rings (SSSR count). The number of cyclic esters (lactones) is 2. The topological polar surface area (TPSA) is 43.4 Å². The lowest BCUT2D eigenvalue weighted by Crippen LogP contribution is -2.10. The Kier molecular flexibility index (Phi) is 2.31. The molecule has 0 fully saturated rings. The second-order valence-corrected chi connectivity index (χ2v) is 3.81. The second kappa shape index (κ2) is 3.50. The molecular formula is C12H12O3. The zero-order valence-corrected chi connectivity index (χ0v) is 8.79. The Morgan fingerprint density at radius 3 is 2.47 bits per heavy atom. The lowest BCUT2D eigenvalue weighted by atomic mass is 9.95. The molecule has 3 nitrogen and oxygen atoms in total. The first-order valence-electron chi connectivity index (χ1n) is 4.93. The molecule has 1 heterocycles. The molecule has 1 aliphatic rings. The van der Waals surface area contributed by atoms with E-state index in [2.05, 4.69) is 0 Å². The van der Waals surface area contributed by atoms with Crippen molar-refractivity contribution in [2.45, 2.75) is 26.7 Å². The molecule has 0 atom stereocenters. The average molecular weight is 204 g/mol. The molecule has 0 amide bonds. The van der Waals surface area contributed by atoms with Crippen molar-refractivity contribution < 1.29 is 14.3 Å². The Morgan fingerprint density at radius 1 is 1.07 bits per heavy atom. The summed E-state index contributed by atoms with van der Waals surface area (Å²) in [4.78, 5) is 22.8. The highest BCUT2D eigenvalue weighted by Crippen LogP contribution is 2.24. The molecule has 0 radical (unpaired) electrons.